The van der Waals surface area contributed by atoms with Gasteiger partial charge in [-0.2, -0.15) is 5.10 Å². The van der Waals surface area contributed by atoms with Crippen molar-refractivity contribution in [3.63, 3.8) is 0 Å². The minimum Gasteiger partial charge on any atom is -0.390 e. The van der Waals surface area contributed by atoms with Gasteiger partial charge in [-0.25, -0.2) is 4.68 Å². The lowest BCUT2D eigenvalue weighted by Gasteiger charge is -2.13. The normalized spacial score (nSPS) is 10.7. The van der Waals surface area contributed by atoms with Gasteiger partial charge in [-0.15, -0.1) is 0 Å². The molecular formula is C13H13ClN2O2. The highest BCUT2D eigenvalue weighted by Crippen LogP contribution is 2.19. The number of aryl methyl sites for hydroxylation is 2. The molecule has 1 N–H and O–H groups in total. The molecule has 0 amide bonds. The Morgan fingerprint density at radius 2 is 2.06 bits per heavy atom. The Bertz CT molecular complexity index is 650. The number of rotatable bonds is 2. The Morgan fingerprint density at radius 3 is 2.67 bits per heavy atom. The molecule has 0 saturated carbocycles. The number of nitrogens with zero attached hydrogens (tertiary/aromatic N) is 2. The monoisotopic (exact) mass is 264 g/mol. The van der Waals surface area contributed by atoms with Crippen LogP contribution in [0.1, 0.15) is 17.0 Å². The van der Waals surface area contributed by atoms with Crippen LogP contribution in [0, 0.1) is 13.8 Å². The summed E-state index contributed by atoms with van der Waals surface area (Å²) in [4.78, 5) is 11.5. The molecule has 0 radical (unpaired) electrons. The average Bonchev–Trinajstić information content (AvgIpc) is 2.30. The maximum Gasteiger partial charge on any atom is 0.206 e. The summed E-state index contributed by atoms with van der Waals surface area (Å²) in [7, 11) is 0. The van der Waals surface area contributed by atoms with Gasteiger partial charge in [0.2, 0.25) is 5.43 Å². The van der Waals surface area contributed by atoms with Crippen molar-refractivity contribution in [1.82, 2.24) is 9.78 Å². The highest BCUT2D eigenvalue weighted by Gasteiger charge is 2.08. The molecule has 0 fully saturated rings. The summed E-state index contributed by atoms with van der Waals surface area (Å²) in [6, 6.07) is 6.90. The standard InChI is InChI=1S/C13H13ClN2O2/c1-8-5-10(14)3-4-12(8)16-9(2)6-13(18)11(7-17)15-16/h3-6,17H,7H2,1-2H3. The summed E-state index contributed by atoms with van der Waals surface area (Å²) < 4.78 is 1.64. The average molecular weight is 265 g/mol. The van der Waals surface area contributed by atoms with Crippen molar-refractivity contribution in [3.05, 3.63) is 56.5 Å². The van der Waals surface area contributed by atoms with Gasteiger partial charge >= 0.3 is 0 Å². The predicted octanol–water partition coefficient (Wildman–Crippen LogP) is 2.00. The third kappa shape index (κ3) is 2.30. The summed E-state index contributed by atoms with van der Waals surface area (Å²) in [6.45, 7) is 3.34. The van der Waals surface area contributed by atoms with Crippen LogP contribution in [-0.4, -0.2) is 14.9 Å². The lowest BCUT2D eigenvalue weighted by atomic mass is 10.2. The van der Waals surface area contributed by atoms with Gasteiger partial charge in [0.05, 0.1) is 12.3 Å². The van der Waals surface area contributed by atoms with Crippen molar-refractivity contribution in [2.45, 2.75) is 20.5 Å². The first kappa shape index (κ1) is 12.8. The van der Waals surface area contributed by atoms with Crippen molar-refractivity contribution in [2.24, 2.45) is 0 Å². The highest BCUT2D eigenvalue weighted by molar-refractivity contribution is 6.30. The quantitative estimate of drug-likeness (QED) is 0.903. The Hall–Kier alpha value is -1.65. The van der Waals surface area contributed by atoms with Crippen LogP contribution in [-0.2, 0) is 6.61 Å². The van der Waals surface area contributed by atoms with Crippen LogP contribution >= 0.6 is 11.6 Å². The molecule has 0 spiro atoms. The van der Waals surface area contributed by atoms with Crippen molar-refractivity contribution >= 4 is 11.6 Å². The van der Waals surface area contributed by atoms with Crippen LogP contribution in [0.5, 0.6) is 0 Å². The zero-order chi connectivity index (χ0) is 13.3. The van der Waals surface area contributed by atoms with E-state index in [9.17, 15) is 4.79 Å². The molecule has 5 heteroatoms. The van der Waals surface area contributed by atoms with Gasteiger partial charge in [0.1, 0.15) is 5.69 Å². The molecule has 0 atom stereocenters. The molecule has 0 bridgehead atoms. The number of halogens is 1. The molecule has 94 valence electrons. The Morgan fingerprint density at radius 1 is 1.33 bits per heavy atom. The molecule has 0 aliphatic heterocycles. The van der Waals surface area contributed by atoms with E-state index in [1.165, 1.54) is 6.07 Å². The molecule has 4 nitrogen and oxygen atoms in total. The number of aliphatic hydroxyl groups excluding tert-OH is 1. The lowest BCUT2D eigenvalue weighted by Crippen LogP contribution is -2.19. The maximum atomic E-state index is 11.5. The van der Waals surface area contributed by atoms with Gasteiger partial charge in [-0.1, -0.05) is 11.6 Å². The maximum absolute atomic E-state index is 11.5. The van der Waals surface area contributed by atoms with Gasteiger partial charge in [-0.3, -0.25) is 4.79 Å². The first-order valence-electron chi connectivity index (χ1n) is 5.50. The van der Waals surface area contributed by atoms with E-state index in [2.05, 4.69) is 5.10 Å². The third-order valence-corrected chi connectivity index (χ3v) is 2.95. The van der Waals surface area contributed by atoms with E-state index in [1.807, 2.05) is 19.1 Å². The summed E-state index contributed by atoms with van der Waals surface area (Å²) in [5.41, 5.74) is 2.38. The van der Waals surface area contributed by atoms with Gasteiger partial charge in [0.25, 0.3) is 0 Å². The smallest absolute Gasteiger partial charge is 0.206 e. The fourth-order valence-corrected chi connectivity index (χ4v) is 2.02. The number of benzene rings is 1. The largest absolute Gasteiger partial charge is 0.390 e. The van der Waals surface area contributed by atoms with Crippen molar-refractivity contribution in [2.75, 3.05) is 0 Å². The van der Waals surface area contributed by atoms with Crippen molar-refractivity contribution in [3.8, 4) is 5.69 Å². The second-order valence-electron chi connectivity index (χ2n) is 4.10. The van der Waals surface area contributed by atoms with Crippen LogP contribution in [0.2, 0.25) is 5.02 Å². The first-order chi connectivity index (χ1) is 8.52. The van der Waals surface area contributed by atoms with E-state index < -0.39 is 0 Å². The molecular weight excluding hydrogens is 252 g/mol. The van der Waals surface area contributed by atoms with Crippen molar-refractivity contribution in [1.29, 1.82) is 0 Å². The molecule has 1 aromatic carbocycles. The van der Waals surface area contributed by atoms with E-state index in [-0.39, 0.29) is 17.7 Å². The molecule has 2 aromatic rings. The summed E-state index contributed by atoms with van der Waals surface area (Å²) in [5.74, 6) is 0. The predicted molar refractivity (Wildman–Crippen MR) is 70.2 cm³/mol. The van der Waals surface area contributed by atoms with Crippen LogP contribution in [0.4, 0.5) is 0 Å². The SMILES string of the molecule is Cc1cc(Cl)ccc1-n1nc(CO)c(=O)cc1C. The fraction of sp³-hybridized carbons (Fsp3) is 0.231. The zero-order valence-electron chi connectivity index (χ0n) is 10.1. The van der Waals surface area contributed by atoms with Crippen LogP contribution in [0.15, 0.2) is 29.1 Å². The van der Waals surface area contributed by atoms with E-state index in [0.29, 0.717) is 10.7 Å². The van der Waals surface area contributed by atoms with E-state index in [1.54, 1.807) is 17.7 Å². The number of hydrogen-bond acceptors (Lipinski definition) is 3. The molecule has 0 saturated heterocycles. The Labute approximate surface area is 109 Å². The molecule has 1 heterocycles. The van der Waals surface area contributed by atoms with E-state index >= 15 is 0 Å². The first-order valence-corrected chi connectivity index (χ1v) is 5.88. The fourth-order valence-electron chi connectivity index (χ4n) is 1.79. The molecule has 0 aliphatic rings. The summed E-state index contributed by atoms with van der Waals surface area (Å²) in [5, 5.41) is 13.9. The minimum atomic E-state index is -0.369. The zero-order valence-corrected chi connectivity index (χ0v) is 10.9. The molecule has 0 unspecified atom stereocenters. The van der Waals surface area contributed by atoms with Gasteiger partial charge in [0.15, 0.2) is 0 Å². The van der Waals surface area contributed by atoms with E-state index in [0.717, 1.165) is 11.3 Å². The number of aliphatic hydroxyl groups is 1. The second kappa shape index (κ2) is 4.92. The van der Waals surface area contributed by atoms with Gasteiger partial charge < -0.3 is 5.11 Å². The molecule has 0 aliphatic carbocycles. The Balaban J connectivity index is 2.67. The Kier molecular flexibility index (Phi) is 3.50. The second-order valence-corrected chi connectivity index (χ2v) is 4.53. The number of aromatic nitrogens is 2. The summed E-state index contributed by atoms with van der Waals surface area (Å²) >= 11 is 5.91. The minimum absolute atomic E-state index is 0.134. The summed E-state index contributed by atoms with van der Waals surface area (Å²) in [6.07, 6.45) is 0. The van der Waals surface area contributed by atoms with Gasteiger partial charge in [0, 0.05) is 16.8 Å². The lowest BCUT2D eigenvalue weighted by molar-refractivity contribution is 0.273. The topological polar surface area (TPSA) is 55.1 Å². The third-order valence-electron chi connectivity index (χ3n) is 2.72. The molecule has 1 aromatic heterocycles. The van der Waals surface area contributed by atoms with Crippen molar-refractivity contribution < 1.29 is 5.11 Å². The molecule has 2 rings (SSSR count). The highest BCUT2D eigenvalue weighted by atomic mass is 35.5. The van der Waals surface area contributed by atoms with Gasteiger partial charge in [-0.05, 0) is 37.6 Å². The molecule has 18 heavy (non-hydrogen) atoms. The van der Waals surface area contributed by atoms with Crippen LogP contribution in [0.3, 0.4) is 0 Å². The van der Waals surface area contributed by atoms with E-state index in [4.69, 9.17) is 16.7 Å². The van der Waals surface area contributed by atoms with Crippen LogP contribution < -0.4 is 5.43 Å². The number of hydrogen-bond donors (Lipinski definition) is 1. The van der Waals surface area contributed by atoms with Crippen LogP contribution in [0.25, 0.3) is 5.69 Å².